The van der Waals surface area contributed by atoms with Crippen molar-refractivity contribution in [2.45, 2.75) is 37.8 Å². The molecule has 32 heavy (non-hydrogen) atoms. The van der Waals surface area contributed by atoms with E-state index in [9.17, 15) is 9.59 Å². The first-order valence-corrected chi connectivity index (χ1v) is 10.8. The fraction of sp³-hybridized carbons (Fsp3) is 0.269. The molecule has 0 radical (unpaired) electrons. The van der Waals surface area contributed by atoms with Gasteiger partial charge in [0.15, 0.2) is 0 Å². The van der Waals surface area contributed by atoms with E-state index in [-0.39, 0.29) is 18.6 Å². The fourth-order valence-corrected chi connectivity index (χ4v) is 4.29. The van der Waals surface area contributed by atoms with Crippen molar-refractivity contribution in [3.63, 3.8) is 0 Å². The van der Waals surface area contributed by atoms with Gasteiger partial charge >= 0.3 is 6.09 Å². The highest BCUT2D eigenvalue weighted by Gasteiger charge is 2.43. The number of nitrogens with two attached hydrogens (primary N) is 1. The molecular weight excluding hydrogens is 402 g/mol. The van der Waals surface area contributed by atoms with Crippen LogP contribution in [-0.2, 0) is 15.1 Å². The lowest BCUT2D eigenvalue weighted by atomic mass is 9.84. The normalized spacial score (nSPS) is 19.3. The van der Waals surface area contributed by atoms with E-state index in [1.807, 2.05) is 61.5 Å². The number of primary amides is 1. The molecule has 2 aromatic carbocycles. The van der Waals surface area contributed by atoms with Crippen molar-refractivity contribution in [1.82, 2.24) is 9.88 Å². The molecule has 2 amide bonds. The van der Waals surface area contributed by atoms with Crippen LogP contribution in [0.15, 0.2) is 79.1 Å². The van der Waals surface area contributed by atoms with Gasteiger partial charge in [-0.3, -0.25) is 9.78 Å². The molecular formula is C26H27N3O3. The lowest BCUT2D eigenvalue weighted by molar-refractivity contribution is -0.121. The minimum atomic E-state index is -0.838. The van der Waals surface area contributed by atoms with Crippen molar-refractivity contribution < 1.29 is 14.3 Å². The minimum Gasteiger partial charge on any atom is -0.438 e. The third-order valence-electron chi connectivity index (χ3n) is 6.22. The Hall–Kier alpha value is -3.67. The van der Waals surface area contributed by atoms with Gasteiger partial charge in [0.1, 0.15) is 5.60 Å². The summed E-state index contributed by atoms with van der Waals surface area (Å²) in [5, 5.41) is 0. The second kappa shape index (κ2) is 9.22. The Bertz CT molecular complexity index is 1070. The Morgan fingerprint density at radius 3 is 2.34 bits per heavy atom. The van der Waals surface area contributed by atoms with E-state index >= 15 is 0 Å². The van der Waals surface area contributed by atoms with Gasteiger partial charge in [-0.2, -0.15) is 0 Å². The third kappa shape index (κ3) is 4.49. The second-order valence-electron chi connectivity index (χ2n) is 8.17. The number of rotatable bonds is 7. The van der Waals surface area contributed by atoms with Gasteiger partial charge in [-0.15, -0.1) is 0 Å². The van der Waals surface area contributed by atoms with Crippen LogP contribution in [-0.4, -0.2) is 28.4 Å². The standard InChI is InChI=1S/C26H27N3O3/c1-19(20-7-9-21(10-8-20)22-12-16-28-17-13-22)29-18-15-26(32-25(29)31,14-11-24(27)30)23-5-3-2-4-6-23/h2-10,12-13,16-17,19H,11,14-15,18H2,1H3,(H2,27,30). The highest BCUT2D eigenvalue weighted by molar-refractivity contribution is 5.74. The summed E-state index contributed by atoms with van der Waals surface area (Å²) in [6.07, 6.45) is 4.29. The molecule has 164 valence electrons. The summed E-state index contributed by atoms with van der Waals surface area (Å²) >= 11 is 0. The average molecular weight is 430 g/mol. The highest BCUT2D eigenvalue weighted by Crippen LogP contribution is 2.40. The summed E-state index contributed by atoms with van der Waals surface area (Å²) in [4.78, 5) is 30.4. The summed E-state index contributed by atoms with van der Waals surface area (Å²) in [5.41, 5.74) is 8.67. The van der Waals surface area contributed by atoms with Gasteiger partial charge in [0.25, 0.3) is 0 Å². The van der Waals surface area contributed by atoms with Crippen LogP contribution < -0.4 is 5.73 Å². The number of hydrogen-bond donors (Lipinski definition) is 1. The largest absolute Gasteiger partial charge is 0.438 e. The van der Waals surface area contributed by atoms with Gasteiger partial charge in [0.05, 0.1) is 6.04 Å². The Morgan fingerprint density at radius 2 is 1.72 bits per heavy atom. The van der Waals surface area contributed by atoms with E-state index < -0.39 is 11.5 Å². The Balaban J connectivity index is 1.51. The van der Waals surface area contributed by atoms with Gasteiger partial charge in [-0.05, 0) is 41.3 Å². The van der Waals surface area contributed by atoms with Crippen LogP contribution in [0.1, 0.15) is 43.4 Å². The molecule has 6 heteroatoms. The van der Waals surface area contributed by atoms with Crippen molar-refractivity contribution in [1.29, 1.82) is 0 Å². The summed E-state index contributed by atoms with van der Waals surface area (Å²) in [7, 11) is 0. The predicted molar refractivity (Wildman–Crippen MR) is 122 cm³/mol. The zero-order valence-electron chi connectivity index (χ0n) is 18.1. The van der Waals surface area contributed by atoms with E-state index in [1.54, 1.807) is 17.3 Å². The van der Waals surface area contributed by atoms with Crippen molar-refractivity contribution in [2.75, 3.05) is 6.54 Å². The molecule has 0 bridgehead atoms. The summed E-state index contributed by atoms with van der Waals surface area (Å²) in [6, 6.07) is 21.6. The van der Waals surface area contributed by atoms with Gasteiger partial charge < -0.3 is 15.4 Å². The first-order valence-electron chi connectivity index (χ1n) is 10.8. The van der Waals surface area contributed by atoms with Crippen LogP contribution in [0.25, 0.3) is 11.1 Å². The van der Waals surface area contributed by atoms with Crippen LogP contribution in [0.4, 0.5) is 4.79 Å². The fourth-order valence-electron chi connectivity index (χ4n) is 4.29. The number of benzene rings is 2. The first kappa shape index (κ1) is 21.6. The van der Waals surface area contributed by atoms with E-state index in [0.29, 0.717) is 19.4 Å². The lowest BCUT2D eigenvalue weighted by Gasteiger charge is -2.43. The van der Waals surface area contributed by atoms with Gasteiger partial charge in [0, 0.05) is 38.2 Å². The molecule has 3 aromatic rings. The molecule has 2 atom stereocenters. The SMILES string of the molecule is CC(c1ccc(-c2ccncc2)cc1)N1CCC(CCC(N)=O)(c2ccccc2)OC1=O. The number of cyclic esters (lactones) is 1. The molecule has 1 saturated heterocycles. The second-order valence-corrected chi connectivity index (χ2v) is 8.17. The number of ether oxygens (including phenoxy) is 1. The number of carbonyl (C=O) groups is 2. The number of hydrogen-bond acceptors (Lipinski definition) is 4. The Morgan fingerprint density at radius 1 is 1.06 bits per heavy atom. The van der Waals surface area contributed by atoms with Gasteiger partial charge in [-0.25, -0.2) is 4.79 Å². The van der Waals surface area contributed by atoms with E-state index in [1.165, 1.54) is 0 Å². The molecule has 6 nitrogen and oxygen atoms in total. The predicted octanol–water partition coefficient (Wildman–Crippen LogP) is 4.81. The van der Waals surface area contributed by atoms with Crippen molar-refractivity contribution in [3.8, 4) is 11.1 Å². The maximum Gasteiger partial charge on any atom is 0.411 e. The quantitative estimate of drug-likeness (QED) is 0.584. The number of aromatic nitrogens is 1. The van der Waals surface area contributed by atoms with Crippen LogP contribution in [0, 0.1) is 0 Å². The molecule has 1 aliphatic rings. The van der Waals surface area contributed by atoms with Crippen molar-refractivity contribution >= 4 is 12.0 Å². The minimum absolute atomic E-state index is 0.140. The maximum atomic E-state index is 13.1. The lowest BCUT2D eigenvalue weighted by Crippen LogP contribution is -2.49. The molecule has 0 aliphatic carbocycles. The molecule has 0 spiro atoms. The highest BCUT2D eigenvalue weighted by atomic mass is 16.6. The van der Waals surface area contributed by atoms with E-state index in [4.69, 9.17) is 10.5 Å². The summed E-state index contributed by atoms with van der Waals surface area (Å²) in [6.45, 7) is 2.53. The topological polar surface area (TPSA) is 85.5 Å². The van der Waals surface area contributed by atoms with Crippen LogP contribution >= 0.6 is 0 Å². The van der Waals surface area contributed by atoms with Crippen molar-refractivity contribution in [2.24, 2.45) is 5.73 Å². The number of nitrogens with zero attached hydrogens (tertiary/aromatic N) is 2. The molecule has 1 aromatic heterocycles. The molecule has 2 N–H and O–H groups in total. The molecule has 1 fully saturated rings. The van der Waals surface area contributed by atoms with E-state index in [0.717, 1.165) is 22.3 Å². The number of carbonyl (C=O) groups excluding carboxylic acids is 2. The van der Waals surface area contributed by atoms with Crippen LogP contribution in [0.5, 0.6) is 0 Å². The average Bonchev–Trinajstić information content (AvgIpc) is 2.83. The monoisotopic (exact) mass is 429 g/mol. The third-order valence-corrected chi connectivity index (χ3v) is 6.22. The number of amides is 2. The molecule has 0 saturated carbocycles. The summed E-state index contributed by atoms with van der Waals surface area (Å²) < 4.78 is 6.03. The zero-order valence-corrected chi connectivity index (χ0v) is 18.1. The van der Waals surface area contributed by atoms with Crippen LogP contribution in [0.3, 0.4) is 0 Å². The molecule has 1 aliphatic heterocycles. The van der Waals surface area contributed by atoms with Gasteiger partial charge in [0.2, 0.25) is 5.91 Å². The molecule has 4 rings (SSSR count). The molecule has 2 unspecified atom stereocenters. The summed E-state index contributed by atoms with van der Waals surface area (Å²) in [5.74, 6) is -0.401. The molecule has 2 heterocycles. The maximum absolute atomic E-state index is 13.1. The zero-order chi connectivity index (χ0) is 22.6. The van der Waals surface area contributed by atoms with E-state index in [2.05, 4.69) is 17.1 Å². The first-order chi connectivity index (χ1) is 15.5. The Labute approximate surface area is 188 Å². The van der Waals surface area contributed by atoms with Gasteiger partial charge in [-0.1, -0.05) is 54.6 Å². The smallest absolute Gasteiger partial charge is 0.411 e. The van der Waals surface area contributed by atoms with Crippen LogP contribution in [0.2, 0.25) is 0 Å². The van der Waals surface area contributed by atoms with Crippen molar-refractivity contribution in [3.05, 3.63) is 90.3 Å². The Kier molecular flexibility index (Phi) is 6.21. The number of pyridine rings is 1.